The van der Waals surface area contributed by atoms with Crippen LogP contribution in [0, 0.1) is 5.82 Å². The lowest BCUT2D eigenvalue weighted by Gasteiger charge is -2.29. The van der Waals surface area contributed by atoms with Gasteiger partial charge in [0.15, 0.2) is 5.82 Å². The van der Waals surface area contributed by atoms with Gasteiger partial charge < -0.3 is 25.6 Å². The van der Waals surface area contributed by atoms with Crippen LogP contribution in [-0.4, -0.2) is 50.6 Å². The lowest BCUT2D eigenvalue weighted by atomic mass is 10.1. The third-order valence-corrected chi connectivity index (χ3v) is 5.76. The lowest BCUT2D eigenvalue weighted by molar-refractivity contribution is 0.0546. The zero-order valence-electron chi connectivity index (χ0n) is 18.5. The molecule has 1 fully saturated rings. The Kier molecular flexibility index (Phi) is 6.42. The minimum Gasteiger partial charge on any atom is -0.393 e. The highest BCUT2D eigenvalue weighted by molar-refractivity contribution is 5.95. The van der Waals surface area contributed by atoms with Crippen molar-refractivity contribution >= 4 is 23.3 Å². The average molecular weight is 465 g/mol. The minimum absolute atomic E-state index is 0.0301. The Labute approximate surface area is 194 Å². The molecule has 0 atom stereocenters. The number of hydrogen-bond acceptors (Lipinski definition) is 6. The fraction of sp³-hybridized carbons (Fsp3) is 0.250. The summed E-state index contributed by atoms with van der Waals surface area (Å²) in [5, 5.41) is 12.5. The van der Waals surface area contributed by atoms with Crippen LogP contribution in [0.3, 0.4) is 0 Å². The maximum Gasteiger partial charge on any atom is 0.293 e. The molecule has 2 heterocycles. The standard InChI is InChI=1S/C24H24FN5O4/c1-29-13-19(17-3-2-4-18(20(17)25)21(26)32)28-22(24(29)34)27-15-7-5-14(6-8-15)23(33)30-11-9-16(31)10-12-30/h2-8,13,16,31H,9-12H2,1H3,(H2,26,32)(H,27,28). The van der Waals surface area contributed by atoms with Gasteiger partial charge in [-0.1, -0.05) is 6.07 Å². The number of hydrogen-bond donors (Lipinski definition) is 3. The Hall–Kier alpha value is -4.05. The summed E-state index contributed by atoms with van der Waals surface area (Å²) in [5.74, 6) is -1.90. The summed E-state index contributed by atoms with van der Waals surface area (Å²) < 4.78 is 16.1. The van der Waals surface area contributed by atoms with Gasteiger partial charge in [0, 0.05) is 43.1 Å². The number of aryl methyl sites for hydroxylation is 1. The van der Waals surface area contributed by atoms with E-state index in [-0.39, 0.29) is 34.6 Å². The number of nitrogens with two attached hydrogens (primary N) is 1. The van der Waals surface area contributed by atoms with Crippen molar-refractivity contribution in [1.29, 1.82) is 0 Å². The molecule has 4 rings (SSSR count). The van der Waals surface area contributed by atoms with Crippen molar-refractivity contribution in [2.24, 2.45) is 12.8 Å². The molecular weight excluding hydrogens is 441 g/mol. The minimum atomic E-state index is -0.905. The highest BCUT2D eigenvalue weighted by Crippen LogP contribution is 2.24. The number of rotatable bonds is 5. The van der Waals surface area contributed by atoms with Crippen LogP contribution < -0.4 is 16.6 Å². The Balaban J connectivity index is 1.58. The maximum absolute atomic E-state index is 14.8. The molecule has 4 N–H and O–H groups in total. The highest BCUT2D eigenvalue weighted by atomic mass is 19.1. The zero-order chi connectivity index (χ0) is 24.4. The Morgan fingerprint density at radius 2 is 1.82 bits per heavy atom. The number of halogens is 1. The first-order valence-corrected chi connectivity index (χ1v) is 10.8. The predicted octanol–water partition coefficient (Wildman–Crippen LogP) is 2.03. The van der Waals surface area contributed by atoms with E-state index in [0.29, 0.717) is 37.2 Å². The van der Waals surface area contributed by atoms with Gasteiger partial charge in [0.1, 0.15) is 5.82 Å². The van der Waals surface area contributed by atoms with E-state index in [9.17, 15) is 23.9 Å². The number of amides is 2. The first-order chi connectivity index (χ1) is 16.2. The molecule has 1 aliphatic heterocycles. The lowest BCUT2D eigenvalue weighted by Crippen LogP contribution is -2.40. The monoisotopic (exact) mass is 465 g/mol. The predicted molar refractivity (Wildman–Crippen MR) is 124 cm³/mol. The molecule has 1 saturated heterocycles. The number of benzene rings is 2. The van der Waals surface area contributed by atoms with Crippen molar-refractivity contribution in [2.45, 2.75) is 18.9 Å². The van der Waals surface area contributed by atoms with Gasteiger partial charge in [-0.2, -0.15) is 0 Å². The van der Waals surface area contributed by atoms with E-state index >= 15 is 0 Å². The Morgan fingerprint density at radius 1 is 1.15 bits per heavy atom. The number of nitrogens with zero attached hydrogens (tertiary/aromatic N) is 3. The average Bonchev–Trinajstić information content (AvgIpc) is 2.82. The molecule has 0 spiro atoms. The first-order valence-electron chi connectivity index (χ1n) is 10.8. The summed E-state index contributed by atoms with van der Waals surface area (Å²) in [4.78, 5) is 42.7. The van der Waals surface area contributed by atoms with Crippen molar-refractivity contribution in [3.05, 3.63) is 76.0 Å². The van der Waals surface area contributed by atoms with Gasteiger partial charge in [-0.05, 0) is 49.2 Å². The van der Waals surface area contributed by atoms with Crippen LogP contribution in [0.15, 0.2) is 53.5 Å². The molecule has 3 aromatic rings. The Morgan fingerprint density at radius 3 is 2.47 bits per heavy atom. The van der Waals surface area contributed by atoms with Gasteiger partial charge >= 0.3 is 0 Å². The maximum atomic E-state index is 14.8. The van der Waals surface area contributed by atoms with E-state index in [4.69, 9.17) is 5.73 Å². The van der Waals surface area contributed by atoms with Crippen LogP contribution in [-0.2, 0) is 7.05 Å². The van der Waals surface area contributed by atoms with Gasteiger partial charge in [-0.15, -0.1) is 0 Å². The first kappa shape index (κ1) is 23.1. The van der Waals surface area contributed by atoms with E-state index in [1.807, 2.05) is 0 Å². The molecule has 2 aromatic carbocycles. The van der Waals surface area contributed by atoms with Crippen LogP contribution in [0.5, 0.6) is 0 Å². The fourth-order valence-electron chi connectivity index (χ4n) is 3.82. The molecule has 0 unspecified atom stereocenters. The molecule has 9 nitrogen and oxygen atoms in total. The topological polar surface area (TPSA) is 131 Å². The summed E-state index contributed by atoms with van der Waals surface area (Å²) in [6.45, 7) is 1.00. The van der Waals surface area contributed by atoms with Gasteiger partial charge in [0.2, 0.25) is 0 Å². The molecule has 0 radical (unpaired) electrons. The summed E-state index contributed by atoms with van der Waals surface area (Å²) >= 11 is 0. The fourth-order valence-corrected chi connectivity index (χ4v) is 3.82. The number of likely N-dealkylation sites (tertiary alicyclic amines) is 1. The number of primary amides is 1. The van der Waals surface area contributed by atoms with Gasteiger partial charge in [0.25, 0.3) is 17.4 Å². The van der Waals surface area contributed by atoms with E-state index in [0.717, 1.165) is 0 Å². The van der Waals surface area contributed by atoms with Crippen LogP contribution in [0.1, 0.15) is 33.6 Å². The molecule has 2 amide bonds. The second-order valence-corrected chi connectivity index (χ2v) is 8.15. The second-order valence-electron chi connectivity index (χ2n) is 8.15. The number of anilines is 2. The van der Waals surface area contributed by atoms with Crippen LogP contribution in [0.2, 0.25) is 0 Å². The van der Waals surface area contributed by atoms with Crippen molar-refractivity contribution in [2.75, 3.05) is 18.4 Å². The van der Waals surface area contributed by atoms with Gasteiger partial charge in [0.05, 0.1) is 17.4 Å². The smallest absolute Gasteiger partial charge is 0.293 e. The van der Waals surface area contributed by atoms with Crippen LogP contribution in [0.25, 0.3) is 11.3 Å². The quantitative estimate of drug-likeness (QED) is 0.529. The number of nitrogens with one attached hydrogen (secondary N) is 1. The molecule has 0 bridgehead atoms. The molecule has 1 aliphatic rings. The third-order valence-electron chi connectivity index (χ3n) is 5.76. The second kappa shape index (κ2) is 9.44. The van der Waals surface area contributed by atoms with Gasteiger partial charge in [-0.25, -0.2) is 9.37 Å². The van der Waals surface area contributed by atoms with Gasteiger partial charge in [-0.3, -0.25) is 14.4 Å². The number of aliphatic hydroxyl groups is 1. The van der Waals surface area contributed by atoms with Crippen LogP contribution >= 0.6 is 0 Å². The Bertz CT molecular complexity index is 1300. The van der Waals surface area contributed by atoms with E-state index in [2.05, 4.69) is 10.3 Å². The molecule has 176 valence electrons. The molecule has 0 saturated carbocycles. The van der Waals surface area contributed by atoms with Crippen molar-refractivity contribution < 1.29 is 19.1 Å². The van der Waals surface area contributed by atoms with E-state index < -0.39 is 17.3 Å². The van der Waals surface area contributed by atoms with E-state index in [1.165, 1.54) is 36.0 Å². The largest absolute Gasteiger partial charge is 0.393 e. The molecule has 10 heteroatoms. The summed E-state index contributed by atoms with van der Waals surface area (Å²) in [6, 6.07) is 10.8. The normalized spacial score (nSPS) is 14.1. The van der Waals surface area contributed by atoms with Crippen LogP contribution in [0.4, 0.5) is 15.9 Å². The number of piperidine rings is 1. The van der Waals surface area contributed by atoms with Crippen molar-refractivity contribution in [3.8, 4) is 11.3 Å². The number of aliphatic hydroxyl groups excluding tert-OH is 1. The summed E-state index contributed by atoms with van der Waals surface area (Å²) in [5.41, 5.74) is 5.69. The molecule has 0 aliphatic carbocycles. The zero-order valence-corrected chi connectivity index (χ0v) is 18.5. The molecule has 1 aromatic heterocycles. The number of carbonyl (C=O) groups is 2. The molecular formula is C24H24FN5O4. The third kappa shape index (κ3) is 4.67. The summed E-state index contributed by atoms with van der Waals surface area (Å²) in [6.07, 6.45) is 2.11. The summed E-state index contributed by atoms with van der Waals surface area (Å²) in [7, 11) is 1.51. The number of aromatic nitrogens is 2. The van der Waals surface area contributed by atoms with Crippen molar-refractivity contribution in [1.82, 2.24) is 14.5 Å². The van der Waals surface area contributed by atoms with Crippen molar-refractivity contribution in [3.63, 3.8) is 0 Å². The number of carbonyl (C=O) groups excluding carboxylic acids is 2. The van der Waals surface area contributed by atoms with E-state index in [1.54, 1.807) is 29.2 Å². The highest BCUT2D eigenvalue weighted by Gasteiger charge is 2.22. The SMILES string of the molecule is Cn1cc(-c2cccc(C(N)=O)c2F)nc(Nc2ccc(C(=O)N3CCC(O)CC3)cc2)c1=O. The molecule has 34 heavy (non-hydrogen) atoms.